The van der Waals surface area contributed by atoms with Crippen LogP contribution in [0.15, 0.2) is 47.7 Å². The van der Waals surface area contributed by atoms with Crippen LogP contribution in [-0.2, 0) is 14.3 Å². The van der Waals surface area contributed by atoms with E-state index in [2.05, 4.69) is 0 Å². The van der Waals surface area contributed by atoms with Crippen molar-refractivity contribution in [3.05, 3.63) is 64.4 Å². The second-order valence-electron chi connectivity index (χ2n) is 7.35. The summed E-state index contributed by atoms with van der Waals surface area (Å²) in [5.41, 5.74) is 4.72. The third-order valence-corrected chi connectivity index (χ3v) is 5.39. The van der Waals surface area contributed by atoms with Gasteiger partial charge in [0.1, 0.15) is 6.61 Å². The lowest BCUT2D eigenvalue weighted by Crippen LogP contribution is -2.37. The fraction of sp³-hybridized carbons (Fsp3) is 0.304. The number of ether oxygens (including phenoxy) is 3. The Morgan fingerprint density at radius 1 is 1.03 bits per heavy atom. The summed E-state index contributed by atoms with van der Waals surface area (Å²) in [6.45, 7) is 4.05. The van der Waals surface area contributed by atoms with E-state index in [-0.39, 0.29) is 18.9 Å². The van der Waals surface area contributed by atoms with Crippen molar-refractivity contribution in [2.75, 3.05) is 25.7 Å². The molecule has 6 nitrogen and oxygen atoms in total. The molecule has 0 saturated heterocycles. The van der Waals surface area contributed by atoms with Crippen LogP contribution in [0.3, 0.4) is 0 Å². The molecule has 0 bridgehead atoms. The average molecular weight is 393 g/mol. The Kier molecular flexibility index (Phi) is 4.78. The lowest BCUT2D eigenvalue weighted by molar-refractivity contribution is -0.136. The molecular weight excluding hydrogens is 370 g/mol. The van der Waals surface area contributed by atoms with Crippen molar-refractivity contribution >= 4 is 17.6 Å². The van der Waals surface area contributed by atoms with Gasteiger partial charge >= 0.3 is 5.97 Å². The number of aryl methyl sites for hydroxylation is 2. The highest BCUT2D eigenvalue weighted by Crippen LogP contribution is 2.46. The van der Waals surface area contributed by atoms with Crippen LogP contribution in [0.4, 0.5) is 5.69 Å². The van der Waals surface area contributed by atoms with Crippen LogP contribution in [0.2, 0.25) is 0 Å². The molecule has 6 heteroatoms. The second-order valence-corrected chi connectivity index (χ2v) is 7.35. The van der Waals surface area contributed by atoms with E-state index in [1.807, 2.05) is 44.2 Å². The molecule has 0 unspecified atom stereocenters. The van der Waals surface area contributed by atoms with Gasteiger partial charge in [-0.2, -0.15) is 0 Å². The van der Waals surface area contributed by atoms with E-state index in [9.17, 15) is 9.59 Å². The van der Waals surface area contributed by atoms with E-state index in [0.29, 0.717) is 22.8 Å². The summed E-state index contributed by atoms with van der Waals surface area (Å²) in [5.74, 6) is 0.167. The molecule has 2 aromatic rings. The van der Waals surface area contributed by atoms with Gasteiger partial charge < -0.3 is 14.2 Å². The zero-order chi connectivity index (χ0) is 20.7. The van der Waals surface area contributed by atoms with Crippen LogP contribution in [0.1, 0.15) is 29.0 Å². The number of esters is 1. The van der Waals surface area contributed by atoms with Gasteiger partial charge in [-0.15, -0.1) is 0 Å². The summed E-state index contributed by atoms with van der Waals surface area (Å²) >= 11 is 0. The molecule has 4 rings (SSSR count). The van der Waals surface area contributed by atoms with Gasteiger partial charge in [0.15, 0.2) is 11.5 Å². The van der Waals surface area contributed by atoms with Crippen molar-refractivity contribution in [2.24, 2.45) is 0 Å². The Morgan fingerprint density at radius 2 is 1.76 bits per heavy atom. The fourth-order valence-corrected chi connectivity index (χ4v) is 4.29. The van der Waals surface area contributed by atoms with Crippen molar-refractivity contribution in [1.82, 2.24) is 0 Å². The number of cyclic esters (lactones) is 1. The van der Waals surface area contributed by atoms with Crippen LogP contribution in [-0.4, -0.2) is 32.7 Å². The highest BCUT2D eigenvalue weighted by molar-refractivity contribution is 6.06. The topological polar surface area (TPSA) is 65.1 Å². The van der Waals surface area contributed by atoms with Crippen molar-refractivity contribution in [3.8, 4) is 11.5 Å². The third-order valence-electron chi connectivity index (χ3n) is 5.39. The molecule has 0 fully saturated rings. The van der Waals surface area contributed by atoms with Gasteiger partial charge in [0.25, 0.3) is 0 Å². The number of amides is 1. The molecule has 0 spiro atoms. The molecule has 2 aromatic carbocycles. The van der Waals surface area contributed by atoms with E-state index in [1.54, 1.807) is 25.2 Å². The molecule has 29 heavy (non-hydrogen) atoms. The van der Waals surface area contributed by atoms with Gasteiger partial charge in [0, 0.05) is 23.6 Å². The van der Waals surface area contributed by atoms with Gasteiger partial charge in [-0.25, -0.2) is 4.79 Å². The van der Waals surface area contributed by atoms with Crippen molar-refractivity contribution in [2.45, 2.75) is 26.2 Å². The van der Waals surface area contributed by atoms with Crippen molar-refractivity contribution in [3.63, 3.8) is 0 Å². The van der Waals surface area contributed by atoms with Gasteiger partial charge in [-0.05, 0) is 43.2 Å². The van der Waals surface area contributed by atoms with Crippen molar-refractivity contribution in [1.29, 1.82) is 0 Å². The maximum Gasteiger partial charge on any atom is 0.336 e. The number of methoxy groups -OCH3 is 2. The maximum atomic E-state index is 13.3. The fourth-order valence-electron chi connectivity index (χ4n) is 4.29. The summed E-state index contributed by atoms with van der Waals surface area (Å²) in [4.78, 5) is 27.6. The number of anilines is 1. The SMILES string of the molecule is COc1cccc([C@@H]2CC(=O)N(c3cc(C)cc(C)c3)C3=C2C(=O)OC3)c1OC. The van der Waals surface area contributed by atoms with E-state index in [0.717, 1.165) is 22.4 Å². The van der Waals surface area contributed by atoms with Crippen LogP contribution < -0.4 is 14.4 Å². The Labute approximate surface area is 169 Å². The minimum atomic E-state index is -0.445. The standard InChI is InChI=1S/C23H23NO5/c1-13-8-14(2)10-15(9-13)24-18-12-29-23(26)21(18)17(11-20(24)25)16-6-5-7-19(27-3)22(16)28-4/h5-10,17H,11-12H2,1-4H3/t17-/m0/s1. The highest BCUT2D eigenvalue weighted by Gasteiger charge is 2.44. The molecular formula is C23H23NO5. The molecule has 1 amide bonds. The highest BCUT2D eigenvalue weighted by atomic mass is 16.5. The Hall–Kier alpha value is -3.28. The number of hydrogen-bond acceptors (Lipinski definition) is 5. The number of benzene rings is 2. The van der Waals surface area contributed by atoms with E-state index in [1.165, 1.54) is 0 Å². The van der Waals surface area contributed by atoms with Gasteiger partial charge in [0.05, 0.1) is 25.5 Å². The van der Waals surface area contributed by atoms with E-state index < -0.39 is 11.9 Å². The zero-order valence-electron chi connectivity index (χ0n) is 16.9. The predicted molar refractivity (Wildman–Crippen MR) is 108 cm³/mol. The molecule has 2 aliphatic heterocycles. The van der Waals surface area contributed by atoms with E-state index >= 15 is 0 Å². The number of nitrogens with zero attached hydrogens (tertiary/aromatic N) is 1. The molecule has 0 saturated carbocycles. The molecule has 0 aliphatic carbocycles. The summed E-state index contributed by atoms with van der Waals surface area (Å²) in [7, 11) is 3.11. The Morgan fingerprint density at radius 3 is 2.41 bits per heavy atom. The number of para-hydroxylation sites is 1. The van der Waals surface area contributed by atoms with Crippen LogP contribution >= 0.6 is 0 Å². The first kappa shape index (κ1) is 19.1. The molecule has 0 aromatic heterocycles. The quantitative estimate of drug-likeness (QED) is 0.742. The van der Waals surface area contributed by atoms with Crippen molar-refractivity contribution < 1.29 is 23.8 Å². The van der Waals surface area contributed by atoms with Gasteiger partial charge in [-0.1, -0.05) is 18.2 Å². The first-order chi connectivity index (χ1) is 13.9. The van der Waals surface area contributed by atoms with Crippen LogP contribution in [0, 0.1) is 13.8 Å². The molecule has 2 aliphatic rings. The largest absolute Gasteiger partial charge is 0.493 e. The molecule has 1 atom stereocenters. The zero-order valence-corrected chi connectivity index (χ0v) is 16.9. The number of carbonyl (C=O) groups excluding carboxylic acids is 2. The maximum absolute atomic E-state index is 13.3. The number of carbonyl (C=O) groups is 2. The lowest BCUT2D eigenvalue weighted by Gasteiger charge is -2.32. The molecule has 150 valence electrons. The average Bonchev–Trinajstić information content (AvgIpc) is 3.07. The van der Waals surface area contributed by atoms with E-state index in [4.69, 9.17) is 14.2 Å². The smallest absolute Gasteiger partial charge is 0.336 e. The summed E-state index contributed by atoms with van der Waals surface area (Å²) in [5, 5.41) is 0. The number of rotatable bonds is 4. The minimum absolute atomic E-state index is 0.0790. The summed E-state index contributed by atoms with van der Waals surface area (Å²) in [6.07, 6.45) is 0.143. The molecule has 0 N–H and O–H groups in total. The third kappa shape index (κ3) is 3.14. The first-order valence-corrected chi connectivity index (χ1v) is 9.47. The minimum Gasteiger partial charge on any atom is -0.493 e. The number of hydrogen-bond donors (Lipinski definition) is 0. The van der Waals surface area contributed by atoms with Gasteiger partial charge in [0.2, 0.25) is 5.91 Å². The molecule has 2 heterocycles. The normalized spacial score (nSPS) is 18.6. The molecule has 0 radical (unpaired) electrons. The lowest BCUT2D eigenvalue weighted by atomic mass is 9.83. The first-order valence-electron chi connectivity index (χ1n) is 9.47. The summed E-state index contributed by atoms with van der Waals surface area (Å²) < 4.78 is 16.3. The van der Waals surface area contributed by atoms with Crippen LogP contribution in [0.25, 0.3) is 0 Å². The van der Waals surface area contributed by atoms with Gasteiger partial charge in [-0.3, -0.25) is 9.69 Å². The second kappa shape index (κ2) is 7.28. The summed E-state index contributed by atoms with van der Waals surface area (Å²) in [6, 6.07) is 11.4. The Bertz CT molecular complexity index is 1020. The predicted octanol–water partition coefficient (Wildman–Crippen LogP) is 3.65. The monoisotopic (exact) mass is 393 g/mol. The Balaban J connectivity index is 1.88. The van der Waals surface area contributed by atoms with Crippen LogP contribution in [0.5, 0.6) is 11.5 Å².